The average molecular weight is 1060 g/mol. The second-order valence-electron chi connectivity index (χ2n) is 19.5. The van der Waals surface area contributed by atoms with Gasteiger partial charge < -0.3 is 14.2 Å². The smallest absolute Gasteiger partial charge is 0.306 e. The fourth-order valence-electron chi connectivity index (χ4n) is 7.72. The third-order valence-electron chi connectivity index (χ3n) is 12.2. The van der Waals surface area contributed by atoms with Gasteiger partial charge in [-0.25, -0.2) is 0 Å². The number of hydrogen-bond acceptors (Lipinski definition) is 6. The second kappa shape index (κ2) is 63.3. The third kappa shape index (κ3) is 61.5. The van der Waals surface area contributed by atoms with Crippen LogP contribution in [-0.4, -0.2) is 37.2 Å². The van der Waals surface area contributed by atoms with Crippen LogP contribution in [0.5, 0.6) is 0 Å². The highest BCUT2D eigenvalue weighted by Gasteiger charge is 2.19. The first-order valence-corrected chi connectivity index (χ1v) is 30.6. The van der Waals surface area contributed by atoms with E-state index < -0.39 is 6.10 Å². The lowest BCUT2D eigenvalue weighted by atomic mass is 10.1. The van der Waals surface area contributed by atoms with Gasteiger partial charge in [0.25, 0.3) is 0 Å². The van der Waals surface area contributed by atoms with Crippen LogP contribution in [-0.2, 0) is 28.6 Å². The fraction of sp³-hybridized carbons (Fsp3) is 0.563. The monoisotopic (exact) mass is 1060 g/mol. The maximum Gasteiger partial charge on any atom is 0.306 e. The van der Waals surface area contributed by atoms with Crippen molar-refractivity contribution in [2.75, 3.05) is 13.2 Å². The summed E-state index contributed by atoms with van der Waals surface area (Å²) in [5.41, 5.74) is 0. The minimum Gasteiger partial charge on any atom is -0.462 e. The van der Waals surface area contributed by atoms with E-state index in [0.717, 1.165) is 180 Å². The van der Waals surface area contributed by atoms with Gasteiger partial charge in [-0.15, -0.1) is 0 Å². The first-order valence-electron chi connectivity index (χ1n) is 30.6. The molecule has 0 N–H and O–H groups in total. The summed E-state index contributed by atoms with van der Waals surface area (Å²) in [4.78, 5) is 38.3. The number of esters is 3. The normalized spacial score (nSPS) is 13.3. The van der Waals surface area contributed by atoms with Gasteiger partial charge in [-0.3, -0.25) is 14.4 Å². The minimum atomic E-state index is -0.820. The summed E-state index contributed by atoms with van der Waals surface area (Å²) in [6.45, 7) is 6.23. The van der Waals surface area contributed by atoms with Crippen LogP contribution in [0.3, 0.4) is 0 Å². The molecule has 0 spiro atoms. The first-order chi connectivity index (χ1) is 38.0. The van der Waals surface area contributed by atoms with E-state index in [1.165, 1.54) is 12.8 Å². The Morgan fingerprint density at radius 3 is 0.740 bits per heavy atom. The van der Waals surface area contributed by atoms with Crippen molar-refractivity contribution >= 4 is 17.9 Å². The predicted octanol–water partition coefficient (Wildman–Crippen LogP) is 21.1. The van der Waals surface area contributed by atoms with Gasteiger partial charge in [-0.2, -0.15) is 0 Å². The van der Waals surface area contributed by atoms with Crippen molar-refractivity contribution in [2.45, 2.75) is 245 Å². The van der Waals surface area contributed by atoms with Gasteiger partial charge in [0, 0.05) is 19.3 Å². The van der Waals surface area contributed by atoms with Crippen molar-refractivity contribution < 1.29 is 28.6 Å². The highest BCUT2D eigenvalue weighted by Crippen LogP contribution is 2.13. The third-order valence-corrected chi connectivity index (χ3v) is 12.2. The average Bonchev–Trinajstić information content (AvgIpc) is 3.43. The summed E-state index contributed by atoms with van der Waals surface area (Å²) in [6.07, 6.45) is 93.4. The van der Waals surface area contributed by atoms with E-state index in [9.17, 15) is 14.4 Å². The molecule has 0 aromatic heterocycles. The molecule has 0 amide bonds. The van der Waals surface area contributed by atoms with Crippen LogP contribution in [0.1, 0.15) is 239 Å². The van der Waals surface area contributed by atoms with Crippen molar-refractivity contribution in [1.82, 2.24) is 0 Å². The Bertz CT molecular complexity index is 1790. The molecule has 0 radical (unpaired) electrons. The van der Waals surface area contributed by atoms with E-state index in [1.54, 1.807) is 0 Å². The molecule has 0 aromatic rings. The minimum absolute atomic E-state index is 0.114. The summed E-state index contributed by atoms with van der Waals surface area (Å²) in [6, 6.07) is 0. The Labute approximate surface area is 472 Å². The van der Waals surface area contributed by atoms with E-state index in [-0.39, 0.29) is 37.5 Å². The lowest BCUT2D eigenvalue weighted by Gasteiger charge is -2.18. The molecule has 0 aliphatic rings. The standard InChI is InChI=1S/C71H110O6/c1-4-7-10-13-16-19-22-25-28-30-32-33-34-35-36-37-39-40-43-46-49-52-55-58-61-64-70(73)76-67-68(66-75-69(72)63-60-57-54-51-48-45-42-27-24-21-18-15-12-9-6-3)77-71(74)65-62-59-56-53-50-47-44-41-38-31-29-26-23-20-17-14-11-8-5-2/h7-12,16-21,25-29,32-33,35-36,38-42,47,50,68H,4-6,13-15,22-24,30-31,34,37,43-46,48-49,51-67H2,1-3H3/b10-7-,11-8-,12-9-,19-16-,20-17-,21-18-,28-25-,29-26-,33-32-,36-35-,40-39-,41-38-,42-27-,50-47-. The number of carbonyl (C=O) groups excluding carboxylic acids is 3. The van der Waals surface area contributed by atoms with Gasteiger partial charge in [0.15, 0.2) is 6.10 Å². The van der Waals surface area contributed by atoms with E-state index >= 15 is 0 Å². The molecule has 0 bridgehead atoms. The molecule has 0 aromatic carbocycles. The molecular weight excluding hydrogens is 949 g/mol. The van der Waals surface area contributed by atoms with Crippen LogP contribution < -0.4 is 0 Å². The highest BCUT2D eigenvalue weighted by atomic mass is 16.6. The van der Waals surface area contributed by atoms with E-state index in [1.807, 2.05) is 0 Å². The van der Waals surface area contributed by atoms with Crippen molar-refractivity contribution in [2.24, 2.45) is 0 Å². The lowest BCUT2D eigenvalue weighted by molar-refractivity contribution is -0.167. The predicted molar refractivity (Wildman–Crippen MR) is 334 cm³/mol. The van der Waals surface area contributed by atoms with Crippen LogP contribution in [0.4, 0.5) is 0 Å². The molecule has 0 saturated heterocycles. The molecular formula is C71H110O6. The number of ether oxygens (including phenoxy) is 3. The fourth-order valence-corrected chi connectivity index (χ4v) is 7.72. The molecule has 0 aliphatic carbocycles. The van der Waals surface area contributed by atoms with Crippen molar-refractivity contribution in [3.63, 3.8) is 0 Å². The number of allylic oxidation sites excluding steroid dienone is 28. The van der Waals surface area contributed by atoms with Crippen LogP contribution in [0.25, 0.3) is 0 Å². The molecule has 6 nitrogen and oxygen atoms in total. The molecule has 0 fully saturated rings. The molecule has 0 saturated carbocycles. The Morgan fingerprint density at radius 2 is 0.468 bits per heavy atom. The van der Waals surface area contributed by atoms with Crippen molar-refractivity contribution in [3.8, 4) is 0 Å². The maximum absolute atomic E-state index is 12.9. The number of unbranched alkanes of at least 4 members (excludes halogenated alkanes) is 14. The van der Waals surface area contributed by atoms with Crippen LogP contribution in [0, 0.1) is 0 Å². The zero-order valence-electron chi connectivity index (χ0n) is 49.1. The Kier molecular flexibility index (Phi) is 59.0. The van der Waals surface area contributed by atoms with Crippen LogP contribution in [0.15, 0.2) is 170 Å². The van der Waals surface area contributed by atoms with Gasteiger partial charge in [0.2, 0.25) is 0 Å². The quantitative estimate of drug-likeness (QED) is 0.0261. The second-order valence-corrected chi connectivity index (χ2v) is 19.5. The van der Waals surface area contributed by atoms with Crippen molar-refractivity contribution in [1.29, 1.82) is 0 Å². The lowest BCUT2D eigenvalue weighted by Crippen LogP contribution is -2.30. The molecule has 0 rings (SSSR count). The van der Waals surface area contributed by atoms with E-state index in [2.05, 4.69) is 191 Å². The zero-order chi connectivity index (χ0) is 55.7. The molecule has 0 heterocycles. The first kappa shape index (κ1) is 71.8. The number of hydrogen-bond donors (Lipinski definition) is 0. The summed E-state index contributed by atoms with van der Waals surface area (Å²) >= 11 is 0. The molecule has 1 unspecified atom stereocenters. The van der Waals surface area contributed by atoms with Gasteiger partial charge in [0.05, 0.1) is 0 Å². The van der Waals surface area contributed by atoms with Gasteiger partial charge in [-0.05, 0) is 148 Å². The Morgan fingerprint density at radius 1 is 0.260 bits per heavy atom. The van der Waals surface area contributed by atoms with E-state index in [0.29, 0.717) is 19.3 Å². The summed E-state index contributed by atoms with van der Waals surface area (Å²) in [7, 11) is 0. The largest absolute Gasteiger partial charge is 0.462 e. The summed E-state index contributed by atoms with van der Waals surface area (Å²) < 4.78 is 16.9. The Hall–Kier alpha value is -5.23. The molecule has 430 valence electrons. The molecule has 1 atom stereocenters. The summed E-state index contributed by atoms with van der Waals surface area (Å²) in [5, 5.41) is 0. The highest BCUT2D eigenvalue weighted by molar-refractivity contribution is 5.71. The van der Waals surface area contributed by atoms with Gasteiger partial charge in [-0.1, -0.05) is 242 Å². The number of rotatable bonds is 53. The van der Waals surface area contributed by atoms with Crippen molar-refractivity contribution in [3.05, 3.63) is 170 Å². The van der Waals surface area contributed by atoms with Gasteiger partial charge in [0.1, 0.15) is 13.2 Å². The SMILES string of the molecule is CC/C=C\C/C=C\C/C=C\C/C=C\C/C=C\C/C=C\CCCCCCCCC(=O)OCC(COC(=O)CCCCCCC/C=C\C/C=C\C/C=C\CC)OC(=O)CCCCC/C=C\C/C=C\C/C=C\C/C=C\C/C=C\CC. The molecule has 6 heteroatoms. The van der Waals surface area contributed by atoms with Gasteiger partial charge >= 0.3 is 17.9 Å². The van der Waals surface area contributed by atoms with E-state index in [4.69, 9.17) is 14.2 Å². The Balaban J connectivity index is 4.51. The topological polar surface area (TPSA) is 78.9 Å². The maximum atomic E-state index is 12.9. The zero-order valence-corrected chi connectivity index (χ0v) is 49.1. The van der Waals surface area contributed by atoms with Crippen LogP contribution in [0.2, 0.25) is 0 Å². The molecule has 0 aliphatic heterocycles. The molecule has 77 heavy (non-hydrogen) atoms. The summed E-state index contributed by atoms with van der Waals surface area (Å²) in [5.74, 6) is -0.984. The number of carbonyl (C=O) groups is 3. The van der Waals surface area contributed by atoms with Crippen LogP contribution >= 0.6 is 0 Å².